The molecule has 0 aliphatic rings. The molecule has 3 rings (SSSR count). The fraction of sp³-hybridized carbons (Fsp3) is 0.222. The molecular weight excluding hydrogens is 344 g/mol. The number of benzene rings is 2. The smallest absolute Gasteiger partial charge is 0.161 e. The van der Waals surface area contributed by atoms with Gasteiger partial charge in [-0.05, 0) is 24.3 Å². The minimum absolute atomic E-state index is 0.0641. The van der Waals surface area contributed by atoms with Crippen LogP contribution in [0.5, 0.6) is 11.5 Å². The Hall–Kier alpha value is -3.00. The van der Waals surface area contributed by atoms with Crippen LogP contribution in [0.1, 0.15) is 11.7 Å². The topological polar surface area (TPSA) is 76.5 Å². The molecule has 0 saturated carbocycles. The summed E-state index contributed by atoms with van der Waals surface area (Å²) in [5.41, 5.74) is 0.782. The molecule has 0 unspecified atom stereocenters. The Kier molecular flexibility index (Phi) is 5.13. The zero-order valence-electron chi connectivity index (χ0n) is 14.2. The van der Waals surface area contributed by atoms with Crippen molar-refractivity contribution in [2.24, 2.45) is 0 Å². The van der Waals surface area contributed by atoms with E-state index < -0.39 is 17.7 Å². The summed E-state index contributed by atoms with van der Waals surface area (Å²) in [6, 6.07) is 7.09. The number of halogens is 2. The number of nitrogens with one attached hydrogen (secondary N) is 1. The maximum atomic E-state index is 13.5. The lowest BCUT2D eigenvalue weighted by molar-refractivity contribution is 0.186. The van der Waals surface area contributed by atoms with E-state index in [0.29, 0.717) is 22.4 Å². The maximum absolute atomic E-state index is 13.5. The number of hydrogen-bond donors (Lipinski definition) is 2. The van der Waals surface area contributed by atoms with Gasteiger partial charge in [0, 0.05) is 23.6 Å². The van der Waals surface area contributed by atoms with Crippen molar-refractivity contribution in [3.05, 3.63) is 53.9 Å². The third-order valence-electron chi connectivity index (χ3n) is 3.94. The molecule has 0 aliphatic carbocycles. The molecule has 1 aromatic heterocycles. The lowest BCUT2D eigenvalue weighted by Gasteiger charge is -2.17. The molecule has 1 heterocycles. The van der Waals surface area contributed by atoms with Gasteiger partial charge in [0.2, 0.25) is 0 Å². The summed E-state index contributed by atoms with van der Waals surface area (Å²) in [6.07, 6.45) is 0.288. The van der Waals surface area contributed by atoms with E-state index in [0.717, 1.165) is 12.1 Å². The van der Waals surface area contributed by atoms with E-state index in [1.54, 1.807) is 18.2 Å². The summed E-state index contributed by atoms with van der Waals surface area (Å²) in [7, 11) is 3.03. The number of nitrogens with zero attached hydrogens (tertiary/aromatic N) is 2. The Bertz CT molecular complexity index is 937. The van der Waals surface area contributed by atoms with Gasteiger partial charge in [0.05, 0.1) is 25.8 Å². The standard InChI is InChI=1S/C18H17F2N3O3/c1-25-10-3-4-17(26-2)12(5-10)16(24)8-21-18-11-6-13(19)14(20)7-15(11)22-9-23-18/h3-7,9,16,24H,8H2,1-2H3,(H,21,22,23)/t16-/m0/s1. The van der Waals surface area contributed by atoms with E-state index in [4.69, 9.17) is 9.47 Å². The van der Waals surface area contributed by atoms with Crippen molar-refractivity contribution in [1.29, 1.82) is 0 Å². The largest absolute Gasteiger partial charge is 0.497 e. The molecule has 136 valence electrons. The van der Waals surface area contributed by atoms with Gasteiger partial charge in [0.15, 0.2) is 11.6 Å². The molecule has 0 spiro atoms. The van der Waals surface area contributed by atoms with Gasteiger partial charge in [-0.25, -0.2) is 18.7 Å². The maximum Gasteiger partial charge on any atom is 0.161 e. The minimum Gasteiger partial charge on any atom is -0.497 e. The van der Waals surface area contributed by atoms with E-state index in [1.165, 1.54) is 20.5 Å². The van der Waals surface area contributed by atoms with E-state index >= 15 is 0 Å². The number of methoxy groups -OCH3 is 2. The minimum atomic E-state index is -0.995. The molecule has 2 N–H and O–H groups in total. The number of hydrogen-bond acceptors (Lipinski definition) is 6. The van der Waals surface area contributed by atoms with Crippen LogP contribution in [0.15, 0.2) is 36.7 Å². The first kappa shape index (κ1) is 17.8. The number of rotatable bonds is 6. The molecule has 3 aromatic rings. The van der Waals surface area contributed by atoms with E-state index in [-0.39, 0.29) is 17.9 Å². The van der Waals surface area contributed by atoms with Crippen LogP contribution in [-0.4, -0.2) is 35.8 Å². The highest BCUT2D eigenvalue weighted by atomic mass is 19.2. The highest BCUT2D eigenvalue weighted by molar-refractivity contribution is 5.88. The van der Waals surface area contributed by atoms with E-state index in [9.17, 15) is 13.9 Å². The molecule has 0 fully saturated rings. The average molecular weight is 361 g/mol. The van der Waals surface area contributed by atoms with Gasteiger partial charge >= 0.3 is 0 Å². The Balaban J connectivity index is 1.85. The van der Waals surface area contributed by atoms with Crippen molar-refractivity contribution in [2.45, 2.75) is 6.10 Å². The van der Waals surface area contributed by atoms with Gasteiger partial charge < -0.3 is 19.9 Å². The van der Waals surface area contributed by atoms with E-state index in [2.05, 4.69) is 15.3 Å². The van der Waals surface area contributed by atoms with Crippen molar-refractivity contribution in [3.8, 4) is 11.5 Å². The molecule has 6 nitrogen and oxygen atoms in total. The second-order valence-electron chi connectivity index (χ2n) is 5.51. The Labute approximate surface area is 148 Å². The number of aliphatic hydroxyl groups excluding tert-OH is 1. The zero-order chi connectivity index (χ0) is 18.7. The second kappa shape index (κ2) is 7.49. The van der Waals surface area contributed by atoms with Crippen LogP contribution < -0.4 is 14.8 Å². The molecule has 0 saturated heterocycles. The first-order valence-electron chi connectivity index (χ1n) is 7.77. The molecule has 8 heteroatoms. The number of aromatic nitrogens is 2. The summed E-state index contributed by atoms with van der Waals surface area (Å²) in [5.74, 6) is -0.617. The molecule has 26 heavy (non-hydrogen) atoms. The number of aliphatic hydroxyl groups is 1. The van der Waals surface area contributed by atoms with Gasteiger partial charge in [-0.3, -0.25) is 0 Å². The quantitative estimate of drug-likeness (QED) is 0.703. The van der Waals surface area contributed by atoms with Crippen LogP contribution in [0.3, 0.4) is 0 Å². The van der Waals surface area contributed by atoms with Crippen LogP contribution >= 0.6 is 0 Å². The predicted molar refractivity (Wildman–Crippen MR) is 92.4 cm³/mol. The van der Waals surface area contributed by atoms with Gasteiger partial charge in [0.25, 0.3) is 0 Å². The number of fused-ring (bicyclic) bond motifs is 1. The van der Waals surface area contributed by atoms with Crippen LogP contribution in [0, 0.1) is 11.6 Å². The molecule has 2 aromatic carbocycles. The fourth-order valence-electron chi connectivity index (χ4n) is 2.60. The third kappa shape index (κ3) is 3.50. The highest BCUT2D eigenvalue weighted by Crippen LogP contribution is 2.30. The van der Waals surface area contributed by atoms with Gasteiger partial charge in [-0.2, -0.15) is 0 Å². The van der Waals surface area contributed by atoms with Crippen LogP contribution in [0.4, 0.5) is 14.6 Å². The monoisotopic (exact) mass is 361 g/mol. The zero-order valence-corrected chi connectivity index (χ0v) is 14.2. The summed E-state index contributed by atoms with van der Waals surface area (Å²) in [6.45, 7) is 0.0641. The molecule has 0 bridgehead atoms. The predicted octanol–water partition coefficient (Wildman–Crippen LogP) is 3.07. The van der Waals surface area contributed by atoms with Crippen molar-refractivity contribution in [3.63, 3.8) is 0 Å². The van der Waals surface area contributed by atoms with Gasteiger partial charge in [0.1, 0.15) is 23.6 Å². The van der Waals surface area contributed by atoms with Crippen molar-refractivity contribution in [1.82, 2.24) is 9.97 Å². The molecule has 0 aliphatic heterocycles. The molecule has 1 atom stereocenters. The Morgan fingerprint density at radius 1 is 1.08 bits per heavy atom. The van der Waals surface area contributed by atoms with Crippen LogP contribution in [0.25, 0.3) is 10.9 Å². The lowest BCUT2D eigenvalue weighted by Crippen LogP contribution is -2.14. The highest BCUT2D eigenvalue weighted by Gasteiger charge is 2.16. The van der Waals surface area contributed by atoms with Crippen LogP contribution in [0.2, 0.25) is 0 Å². The number of ether oxygens (including phenoxy) is 2. The average Bonchev–Trinajstić information content (AvgIpc) is 2.66. The first-order valence-corrected chi connectivity index (χ1v) is 7.77. The van der Waals surface area contributed by atoms with Crippen molar-refractivity contribution < 1.29 is 23.4 Å². The Morgan fingerprint density at radius 2 is 1.85 bits per heavy atom. The summed E-state index contributed by atoms with van der Waals surface area (Å²) in [5, 5.41) is 13.8. The molecule has 0 amide bonds. The fourth-order valence-corrected chi connectivity index (χ4v) is 2.60. The van der Waals surface area contributed by atoms with Crippen molar-refractivity contribution in [2.75, 3.05) is 26.1 Å². The molecule has 0 radical (unpaired) electrons. The summed E-state index contributed by atoms with van der Waals surface area (Å²) in [4.78, 5) is 7.96. The summed E-state index contributed by atoms with van der Waals surface area (Å²) < 4.78 is 37.3. The SMILES string of the molecule is COc1ccc(OC)c([C@@H](O)CNc2ncnc3cc(F)c(F)cc23)c1. The normalized spacial score (nSPS) is 12.0. The van der Waals surface area contributed by atoms with E-state index in [1.807, 2.05) is 0 Å². The van der Waals surface area contributed by atoms with Gasteiger partial charge in [-0.1, -0.05) is 0 Å². The van der Waals surface area contributed by atoms with Gasteiger partial charge in [-0.15, -0.1) is 0 Å². The van der Waals surface area contributed by atoms with Crippen LogP contribution in [-0.2, 0) is 0 Å². The Morgan fingerprint density at radius 3 is 2.58 bits per heavy atom. The first-order chi connectivity index (χ1) is 12.5. The lowest BCUT2D eigenvalue weighted by atomic mass is 10.1. The summed E-state index contributed by atoms with van der Waals surface area (Å²) >= 11 is 0. The third-order valence-corrected chi connectivity index (χ3v) is 3.94. The second-order valence-corrected chi connectivity index (χ2v) is 5.51. The molecular formula is C18H17F2N3O3. The number of anilines is 1. The van der Waals surface area contributed by atoms with Crippen molar-refractivity contribution >= 4 is 16.7 Å².